The molecule has 0 aliphatic rings. The summed E-state index contributed by atoms with van der Waals surface area (Å²) in [7, 11) is 0. The lowest BCUT2D eigenvalue weighted by Crippen LogP contribution is -2.40. The van der Waals surface area contributed by atoms with Crippen molar-refractivity contribution in [3.8, 4) is 0 Å². The predicted molar refractivity (Wildman–Crippen MR) is 105 cm³/mol. The molecule has 0 saturated heterocycles. The monoisotopic (exact) mass is 359 g/mol. The van der Waals surface area contributed by atoms with Crippen LogP contribution in [-0.2, 0) is 12.8 Å². The second kappa shape index (κ2) is 9.27. The first-order valence-electron chi connectivity index (χ1n) is 8.97. The van der Waals surface area contributed by atoms with Crippen molar-refractivity contribution in [3.63, 3.8) is 0 Å². The Balaban J connectivity index is 1.74. The second-order valence-corrected chi connectivity index (χ2v) is 8.37. The molecule has 0 radical (unpaired) electrons. The number of hydrogen-bond donors (Lipinski definition) is 2. The Bertz CT molecular complexity index is 691. The van der Waals surface area contributed by atoms with Gasteiger partial charge in [0.15, 0.2) is 5.78 Å². The molecule has 3 nitrogen and oxygen atoms in total. The number of rotatable bonds is 10. The van der Waals surface area contributed by atoms with E-state index in [2.05, 4.69) is 31.2 Å². The summed E-state index contributed by atoms with van der Waals surface area (Å²) in [4.78, 5) is 14.3. The number of unbranched alkanes of at least 4 members (excludes halogenated alkanes) is 1. The van der Waals surface area contributed by atoms with Gasteiger partial charge in [0, 0.05) is 16.8 Å². The van der Waals surface area contributed by atoms with Crippen molar-refractivity contribution in [2.24, 2.45) is 5.73 Å². The van der Waals surface area contributed by atoms with Gasteiger partial charge in [0.1, 0.15) is 0 Å². The van der Waals surface area contributed by atoms with Crippen molar-refractivity contribution in [2.45, 2.75) is 57.9 Å². The molecule has 1 aromatic heterocycles. The van der Waals surface area contributed by atoms with E-state index in [1.807, 2.05) is 19.1 Å². The summed E-state index contributed by atoms with van der Waals surface area (Å²) in [5, 5.41) is 9.21. The van der Waals surface area contributed by atoms with Gasteiger partial charge in [-0.3, -0.25) is 4.79 Å². The molecule has 0 aliphatic heterocycles. The molecule has 4 heteroatoms. The molecule has 1 heterocycles. The number of carbonyl (C=O) groups is 1. The number of thiophene rings is 1. The molecule has 136 valence electrons. The number of carbonyl (C=O) groups excluding carboxylic acids is 1. The van der Waals surface area contributed by atoms with Gasteiger partial charge in [-0.2, -0.15) is 0 Å². The smallest absolute Gasteiger partial charge is 0.172 e. The molecule has 1 unspecified atom stereocenters. The number of aliphatic hydroxyl groups excluding tert-OH is 1. The van der Waals surface area contributed by atoms with Gasteiger partial charge >= 0.3 is 0 Å². The van der Waals surface area contributed by atoms with Crippen molar-refractivity contribution in [2.75, 3.05) is 6.61 Å². The molecule has 25 heavy (non-hydrogen) atoms. The zero-order valence-corrected chi connectivity index (χ0v) is 16.1. The lowest BCUT2D eigenvalue weighted by Gasteiger charge is -2.20. The third-order valence-electron chi connectivity index (χ3n) is 4.44. The van der Waals surface area contributed by atoms with Crippen LogP contribution in [0.3, 0.4) is 0 Å². The van der Waals surface area contributed by atoms with Gasteiger partial charge in [0.25, 0.3) is 0 Å². The summed E-state index contributed by atoms with van der Waals surface area (Å²) in [6, 6.07) is 12.5. The third-order valence-corrected chi connectivity index (χ3v) is 5.63. The van der Waals surface area contributed by atoms with Crippen LogP contribution in [-0.4, -0.2) is 23.0 Å². The first-order valence-corrected chi connectivity index (χ1v) is 9.78. The summed E-state index contributed by atoms with van der Waals surface area (Å²) in [5.74, 6) is 0.234. The van der Waals surface area contributed by atoms with Crippen LogP contribution in [0.1, 0.15) is 58.3 Å². The molecule has 0 spiro atoms. The van der Waals surface area contributed by atoms with Crippen molar-refractivity contribution in [1.29, 1.82) is 0 Å². The van der Waals surface area contributed by atoms with Crippen LogP contribution in [0.4, 0.5) is 0 Å². The fourth-order valence-corrected chi connectivity index (χ4v) is 3.73. The van der Waals surface area contributed by atoms with Crippen molar-refractivity contribution in [1.82, 2.24) is 0 Å². The van der Waals surface area contributed by atoms with Crippen LogP contribution in [0.2, 0.25) is 0 Å². The van der Waals surface area contributed by atoms with Crippen molar-refractivity contribution in [3.05, 3.63) is 57.3 Å². The van der Waals surface area contributed by atoms with Crippen LogP contribution in [0.25, 0.3) is 0 Å². The fraction of sp³-hybridized carbons (Fsp3) is 0.476. The molecule has 0 fully saturated rings. The minimum atomic E-state index is -0.552. The van der Waals surface area contributed by atoms with Gasteiger partial charge in [0.05, 0.1) is 11.5 Å². The highest BCUT2D eigenvalue weighted by atomic mass is 32.1. The lowest BCUT2D eigenvalue weighted by atomic mass is 9.98. The average Bonchev–Trinajstić information content (AvgIpc) is 3.06. The molecule has 0 bridgehead atoms. The molecule has 0 aliphatic carbocycles. The number of nitrogens with two attached hydrogens (primary N) is 1. The van der Waals surface area contributed by atoms with E-state index in [4.69, 9.17) is 5.73 Å². The van der Waals surface area contributed by atoms with Crippen LogP contribution in [0.15, 0.2) is 36.4 Å². The van der Waals surface area contributed by atoms with E-state index >= 15 is 0 Å². The molecular formula is C21H29NO2S. The molecule has 1 atom stereocenters. The summed E-state index contributed by atoms with van der Waals surface area (Å²) < 4.78 is 0. The van der Waals surface area contributed by atoms with Crippen molar-refractivity contribution >= 4 is 17.1 Å². The topological polar surface area (TPSA) is 63.3 Å². The average molecular weight is 360 g/mol. The number of ketones is 1. The maximum absolute atomic E-state index is 12.3. The Hall–Kier alpha value is -1.49. The molecule has 2 rings (SSSR count). The first kappa shape index (κ1) is 19.8. The lowest BCUT2D eigenvalue weighted by molar-refractivity contribution is 0.0983. The van der Waals surface area contributed by atoms with Gasteiger partial charge in [0.2, 0.25) is 0 Å². The number of Topliss-reactive ketones (excluding diaryl/α,β-unsaturated/α-hetero) is 1. The second-order valence-electron chi connectivity index (χ2n) is 7.20. The van der Waals surface area contributed by atoms with Crippen LogP contribution < -0.4 is 5.73 Å². The number of aryl methyl sites for hydroxylation is 3. The van der Waals surface area contributed by atoms with E-state index in [-0.39, 0.29) is 12.4 Å². The van der Waals surface area contributed by atoms with E-state index in [0.29, 0.717) is 12.8 Å². The minimum Gasteiger partial charge on any atom is -0.394 e. The number of benzene rings is 1. The van der Waals surface area contributed by atoms with Crippen molar-refractivity contribution < 1.29 is 9.90 Å². The molecule has 3 N–H and O–H groups in total. The maximum atomic E-state index is 12.3. The van der Waals surface area contributed by atoms with Crippen LogP contribution >= 0.6 is 11.3 Å². The van der Waals surface area contributed by atoms with Crippen LogP contribution in [0, 0.1) is 6.92 Å². The van der Waals surface area contributed by atoms with Crippen LogP contribution in [0.5, 0.6) is 0 Å². The zero-order valence-electron chi connectivity index (χ0n) is 15.3. The quantitative estimate of drug-likeness (QED) is 0.491. The highest BCUT2D eigenvalue weighted by Crippen LogP contribution is 2.22. The number of aliphatic hydroxyl groups is 1. The Kier molecular flexibility index (Phi) is 7.36. The van der Waals surface area contributed by atoms with E-state index in [0.717, 1.165) is 35.4 Å². The molecule has 2 aromatic rings. The van der Waals surface area contributed by atoms with Gasteiger partial charge in [-0.1, -0.05) is 29.8 Å². The zero-order chi connectivity index (χ0) is 18.3. The Labute approximate surface area is 154 Å². The van der Waals surface area contributed by atoms with E-state index in [9.17, 15) is 9.90 Å². The highest BCUT2D eigenvalue weighted by Gasteiger charge is 2.17. The third kappa shape index (κ3) is 6.73. The maximum Gasteiger partial charge on any atom is 0.172 e. The van der Waals surface area contributed by atoms with Gasteiger partial charge in [-0.15, -0.1) is 11.3 Å². The number of hydrogen-bond acceptors (Lipinski definition) is 4. The SMILES string of the molecule is Cc1cccc(CCCCC(=O)c2ccc(CCC(C)(N)CO)s2)c1. The summed E-state index contributed by atoms with van der Waals surface area (Å²) >= 11 is 1.56. The van der Waals surface area contributed by atoms with E-state index in [1.165, 1.54) is 11.1 Å². The van der Waals surface area contributed by atoms with Gasteiger partial charge in [-0.25, -0.2) is 0 Å². The molecular weight excluding hydrogens is 330 g/mol. The molecule has 1 aromatic carbocycles. The van der Waals surface area contributed by atoms with E-state index < -0.39 is 5.54 Å². The summed E-state index contributed by atoms with van der Waals surface area (Å²) in [6.45, 7) is 3.93. The Morgan fingerprint density at radius 3 is 2.72 bits per heavy atom. The molecule has 0 saturated carbocycles. The standard InChI is InChI=1S/C21H29NO2S/c1-16-6-5-8-17(14-16)7-3-4-9-19(24)20-11-10-18(25-20)12-13-21(2,22)15-23/h5-6,8,10-11,14,23H,3-4,7,9,12-13,15,22H2,1-2H3. The Morgan fingerprint density at radius 2 is 2.00 bits per heavy atom. The fourth-order valence-electron chi connectivity index (χ4n) is 2.76. The van der Waals surface area contributed by atoms with Gasteiger partial charge in [-0.05, 0) is 63.6 Å². The van der Waals surface area contributed by atoms with Gasteiger partial charge < -0.3 is 10.8 Å². The van der Waals surface area contributed by atoms with E-state index in [1.54, 1.807) is 11.3 Å². The predicted octanol–water partition coefficient (Wildman–Crippen LogP) is 4.29. The Morgan fingerprint density at radius 1 is 1.20 bits per heavy atom. The minimum absolute atomic E-state index is 0.0227. The summed E-state index contributed by atoms with van der Waals surface area (Å²) in [5.41, 5.74) is 8.04. The normalized spacial score (nSPS) is 13.6. The first-order chi connectivity index (χ1) is 11.9. The highest BCUT2D eigenvalue weighted by molar-refractivity contribution is 7.14. The summed E-state index contributed by atoms with van der Waals surface area (Å²) in [6.07, 6.45) is 5.12. The largest absolute Gasteiger partial charge is 0.394 e. The molecule has 0 amide bonds.